The summed E-state index contributed by atoms with van der Waals surface area (Å²) in [6, 6.07) is 4.04. The van der Waals surface area contributed by atoms with Crippen LogP contribution in [0.25, 0.3) is 0 Å². The van der Waals surface area contributed by atoms with Gasteiger partial charge in [-0.2, -0.15) is 0 Å². The SMILES string of the molecule is CCOc1c(Br)cc(CNC[C@@H](C)O)cc1Br. The summed E-state index contributed by atoms with van der Waals surface area (Å²) in [7, 11) is 0. The van der Waals surface area contributed by atoms with Gasteiger partial charge in [-0.05, 0) is 63.4 Å². The Bertz CT molecular complexity index is 347. The van der Waals surface area contributed by atoms with Crippen molar-refractivity contribution < 1.29 is 9.84 Å². The smallest absolute Gasteiger partial charge is 0.147 e. The van der Waals surface area contributed by atoms with Crippen LogP contribution in [0, 0.1) is 0 Å². The molecule has 0 unspecified atom stereocenters. The van der Waals surface area contributed by atoms with Crippen LogP contribution in [0.15, 0.2) is 21.1 Å². The molecule has 5 heteroatoms. The number of benzene rings is 1. The summed E-state index contributed by atoms with van der Waals surface area (Å²) in [5, 5.41) is 12.3. The van der Waals surface area contributed by atoms with E-state index in [-0.39, 0.29) is 6.10 Å². The summed E-state index contributed by atoms with van der Waals surface area (Å²) >= 11 is 6.98. The van der Waals surface area contributed by atoms with Gasteiger partial charge < -0.3 is 15.2 Å². The first kappa shape index (κ1) is 15.0. The van der Waals surface area contributed by atoms with Gasteiger partial charge in [-0.25, -0.2) is 0 Å². The largest absolute Gasteiger partial charge is 0.492 e. The van der Waals surface area contributed by atoms with Crippen molar-refractivity contribution in [1.29, 1.82) is 0 Å². The Labute approximate surface area is 119 Å². The van der Waals surface area contributed by atoms with Crippen LogP contribution in [-0.4, -0.2) is 24.4 Å². The molecule has 1 atom stereocenters. The van der Waals surface area contributed by atoms with Crippen LogP contribution in [0.4, 0.5) is 0 Å². The Morgan fingerprint density at radius 1 is 1.35 bits per heavy atom. The summed E-state index contributed by atoms with van der Waals surface area (Å²) < 4.78 is 7.38. The average molecular weight is 367 g/mol. The molecule has 0 spiro atoms. The molecule has 1 rings (SSSR count). The number of hydrogen-bond acceptors (Lipinski definition) is 3. The van der Waals surface area contributed by atoms with Crippen LogP contribution in [0.5, 0.6) is 5.75 Å². The van der Waals surface area contributed by atoms with E-state index in [1.54, 1.807) is 6.92 Å². The van der Waals surface area contributed by atoms with Gasteiger partial charge in [0.25, 0.3) is 0 Å². The number of halogens is 2. The Hall–Kier alpha value is -0.100. The molecule has 0 aliphatic rings. The number of aliphatic hydroxyl groups excluding tert-OH is 1. The first-order valence-corrected chi connectivity index (χ1v) is 7.12. The van der Waals surface area contributed by atoms with E-state index in [0.717, 1.165) is 20.3 Å². The monoisotopic (exact) mass is 365 g/mol. The molecule has 2 N–H and O–H groups in total. The summed E-state index contributed by atoms with van der Waals surface area (Å²) in [5.41, 5.74) is 1.13. The minimum Gasteiger partial charge on any atom is -0.492 e. The van der Waals surface area contributed by atoms with E-state index in [9.17, 15) is 0 Å². The quantitative estimate of drug-likeness (QED) is 0.812. The van der Waals surface area contributed by atoms with E-state index in [1.807, 2.05) is 19.1 Å². The number of ether oxygens (including phenoxy) is 1. The van der Waals surface area contributed by atoms with Crippen LogP contribution in [0.2, 0.25) is 0 Å². The van der Waals surface area contributed by atoms with Crippen molar-refractivity contribution in [3.05, 3.63) is 26.6 Å². The lowest BCUT2D eigenvalue weighted by Gasteiger charge is -2.12. The third-order valence-electron chi connectivity index (χ3n) is 2.12. The molecule has 1 aromatic rings. The van der Waals surface area contributed by atoms with Crippen molar-refractivity contribution in [3.63, 3.8) is 0 Å². The molecule has 0 saturated heterocycles. The summed E-state index contributed by atoms with van der Waals surface area (Å²) in [6.45, 7) is 5.65. The highest BCUT2D eigenvalue weighted by atomic mass is 79.9. The van der Waals surface area contributed by atoms with Crippen molar-refractivity contribution >= 4 is 31.9 Å². The zero-order valence-corrected chi connectivity index (χ0v) is 13.1. The Kier molecular flexibility index (Phi) is 6.48. The van der Waals surface area contributed by atoms with Crippen LogP contribution in [0.1, 0.15) is 19.4 Å². The van der Waals surface area contributed by atoms with Gasteiger partial charge in [0.05, 0.1) is 21.7 Å². The van der Waals surface area contributed by atoms with Gasteiger partial charge in [-0.3, -0.25) is 0 Å². The van der Waals surface area contributed by atoms with Gasteiger partial charge in [-0.1, -0.05) is 0 Å². The standard InChI is InChI=1S/C12H17Br2NO2/c1-3-17-12-10(13)4-9(5-11(12)14)7-15-6-8(2)16/h4-5,8,15-16H,3,6-7H2,1-2H3/t8-/m1/s1. The predicted octanol–water partition coefficient (Wildman–Crippen LogP) is 3.08. The van der Waals surface area contributed by atoms with E-state index in [4.69, 9.17) is 9.84 Å². The highest BCUT2D eigenvalue weighted by Crippen LogP contribution is 2.34. The third-order valence-corrected chi connectivity index (χ3v) is 3.29. The van der Waals surface area contributed by atoms with E-state index in [1.165, 1.54) is 0 Å². The fourth-order valence-corrected chi connectivity index (χ4v) is 2.93. The van der Waals surface area contributed by atoms with E-state index in [0.29, 0.717) is 19.7 Å². The van der Waals surface area contributed by atoms with Crippen LogP contribution in [0.3, 0.4) is 0 Å². The molecule has 96 valence electrons. The maximum atomic E-state index is 9.15. The molecule has 0 bridgehead atoms. The first-order chi connectivity index (χ1) is 8.04. The number of nitrogens with one attached hydrogen (secondary N) is 1. The van der Waals surface area contributed by atoms with Crippen molar-refractivity contribution in [2.75, 3.05) is 13.2 Å². The molecule has 0 aromatic heterocycles. The normalized spacial score (nSPS) is 12.5. The molecule has 3 nitrogen and oxygen atoms in total. The maximum absolute atomic E-state index is 9.15. The molecular formula is C12H17Br2NO2. The van der Waals surface area contributed by atoms with Crippen LogP contribution in [-0.2, 0) is 6.54 Å². The average Bonchev–Trinajstić information content (AvgIpc) is 2.23. The second-order valence-electron chi connectivity index (χ2n) is 3.80. The molecule has 0 heterocycles. The second-order valence-corrected chi connectivity index (χ2v) is 5.51. The Morgan fingerprint density at radius 2 is 1.94 bits per heavy atom. The van der Waals surface area contributed by atoms with Crippen LogP contribution < -0.4 is 10.1 Å². The molecule has 0 aliphatic heterocycles. The fourth-order valence-electron chi connectivity index (χ4n) is 1.42. The van der Waals surface area contributed by atoms with Crippen molar-refractivity contribution in [1.82, 2.24) is 5.32 Å². The number of aliphatic hydroxyl groups is 1. The molecule has 17 heavy (non-hydrogen) atoms. The van der Waals surface area contributed by atoms with Gasteiger partial charge in [0, 0.05) is 13.1 Å². The molecule has 1 aromatic carbocycles. The van der Waals surface area contributed by atoms with Crippen molar-refractivity contribution in [2.24, 2.45) is 0 Å². The summed E-state index contributed by atoms with van der Waals surface area (Å²) in [4.78, 5) is 0. The zero-order chi connectivity index (χ0) is 12.8. The molecule has 0 radical (unpaired) electrons. The van der Waals surface area contributed by atoms with Gasteiger partial charge in [0.1, 0.15) is 5.75 Å². The molecule has 0 fully saturated rings. The van der Waals surface area contributed by atoms with Gasteiger partial charge >= 0.3 is 0 Å². The summed E-state index contributed by atoms with van der Waals surface area (Å²) in [5.74, 6) is 0.826. The molecule has 0 aliphatic carbocycles. The number of rotatable bonds is 6. The lowest BCUT2D eigenvalue weighted by Crippen LogP contribution is -2.23. The van der Waals surface area contributed by atoms with E-state index >= 15 is 0 Å². The predicted molar refractivity (Wildman–Crippen MR) is 76.4 cm³/mol. The third kappa shape index (κ3) is 4.95. The lowest BCUT2D eigenvalue weighted by atomic mass is 10.2. The van der Waals surface area contributed by atoms with Crippen molar-refractivity contribution in [3.8, 4) is 5.75 Å². The molecular weight excluding hydrogens is 350 g/mol. The number of hydrogen-bond donors (Lipinski definition) is 2. The van der Waals surface area contributed by atoms with Gasteiger partial charge in [0.2, 0.25) is 0 Å². The van der Waals surface area contributed by atoms with Gasteiger partial charge in [0.15, 0.2) is 0 Å². The topological polar surface area (TPSA) is 41.5 Å². The first-order valence-electron chi connectivity index (χ1n) is 5.54. The highest BCUT2D eigenvalue weighted by molar-refractivity contribution is 9.11. The van der Waals surface area contributed by atoms with Crippen molar-refractivity contribution in [2.45, 2.75) is 26.5 Å². The molecule has 0 saturated carbocycles. The Balaban J connectivity index is 2.69. The molecule has 0 amide bonds. The van der Waals surface area contributed by atoms with Gasteiger partial charge in [-0.15, -0.1) is 0 Å². The van der Waals surface area contributed by atoms with E-state index in [2.05, 4.69) is 37.2 Å². The van der Waals surface area contributed by atoms with E-state index < -0.39 is 0 Å². The highest BCUT2D eigenvalue weighted by Gasteiger charge is 2.08. The zero-order valence-electron chi connectivity index (χ0n) is 9.96. The summed E-state index contributed by atoms with van der Waals surface area (Å²) in [6.07, 6.45) is -0.329. The fraction of sp³-hybridized carbons (Fsp3) is 0.500. The Morgan fingerprint density at radius 3 is 2.41 bits per heavy atom. The van der Waals surface area contributed by atoms with Crippen LogP contribution >= 0.6 is 31.9 Å². The second kappa shape index (κ2) is 7.36. The minimum atomic E-state index is -0.329. The minimum absolute atomic E-state index is 0.329. The maximum Gasteiger partial charge on any atom is 0.147 e. The lowest BCUT2D eigenvalue weighted by molar-refractivity contribution is 0.191.